The Morgan fingerprint density at radius 3 is 2.41 bits per heavy atom. The third-order valence-electron chi connectivity index (χ3n) is 2.81. The van der Waals surface area contributed by atoms with Crippen LogP contribution in [0.1, 0.15) is 32.3 Å². The zero-order valence-corrected chi connectivity index (χ0v) is 10.1. The van der Waals surface area contributed by atoms with E-state index in [2.05, 4.69) is 5.32 Å². The van der Waals surface area contributed by atoms with Crippen molar-refractivity contribution in [1.82, 2.24) is 5.32 Å². The van der Waals surface area contributed by atoms with E-state index in [-0.39, 0.29) is 18.4 Å². The van der Waals surface area contributed by atoms with Crippen molar-refractivity contribution in [2.45, 2.75) is 33.2 Å². The molecule has 1 rings (SSSR count). The molecule has 0 unspecified atom stereocenters. The molecule has 0 aliphatic carbocycles. The minimum atomic E-state index is -0.890. The van der Waals surface area contributed by atoms with Crippen molar-refractivity contribution in [3.05, 3.63) is 35.4 Å². The molecule has 0 fully saturated rings. The van der Waals surface area contributed by atoms with Crippen molar-refractivity contribution in [2.75, 3.05) is 0 Å². The molecule has 0 atom stereocenters. The van der Waals surface area contributed by atoms with E-state index >= 15 is 0 Å². The highest BCUT2D eigenvalue weighted by molar-refractivity contribution is 5.78. The van der Waals surface area contributed by atoms with Crippen LogP contribution in [0.2, 0.25) is 0 Å². The summed E-state index contributed by atoms with van der Waals surface area (Å²) >= 11 is 0. The van der Waals surface area contributed by atoms with Crippen LogP contribution in [0.25, 0.3) is 0 Å². The zero-order chi connectivity index (χ0) is 12.8. The quantitative estimate of drug-likeness (QED) is 0.843. The minimum Gasteiger partial charge on any atom is -0.352 e. The van der Waals surface area contributed by atoms with Crippen LogP contribution in [0.4, 0.5) is 8.78 Å². The second kappa shape index (κ2) is 6.33. The summed E-state index contributed by atoms with van der Waals surface area (Å²) in [7, 11) is 0. The summed E-state index contributed by atoms with van der Waals surface area (Å²) in [5.41, 5.74) is 0.559. The highest BCUT2D eigenvalue weighted by atomic mass is 19.2. The highest BCUT2D eigenvalue weighted by Crippen LogP contribution is 2.10. The predicted octanol–water partition coefficient (Wildman–Crippen LogP) is 3.02. The number of nitrogens with one attached hydrogen (secondary N) is 1. The van der Waals surface area contributed by atoms with Crippen molar-refractivity contribution < 1.29 is 13.6 Å². The van der Waals surface area contributed by atoms with Gasteiger partial charge in [-0.1, -0.05) is 19.9 Å². The number of hydrogen-bond donors (Lipinski definition) is 1. The lowest BCUT2D eigenvalue weighted by Gasteiger charge is -2.12. The summed E-state index contributed by atoms with van der Waals surface area (Å²) in [5, 5.41) is 2.72. The molecular formula is C13H17F2NO. The second-order valence-electron chi connectivity index (χ2n) is 3.98. The summed E-state index contributed by atoms with van der Waals surface area (Å²) < 4.78 is 25.6. The van der Waals surface area contributed by atoms with Gasteiger partial charge in [0.05, 0.1) is 0 Å². The van der Waals surface area contributed by atoms with Gasteiger partial charge in [-0.25, -0.2) is 8.78 Å². The summed E-state index contributed by atoms with van der Waals surface area (Å²) in [6.07, 6.45) is 1.56. The molecule has 0 saturated heterocycles. The van der Waals surface area contributed by atoms with Crippen LogP contribution in [-0.2, 0) is 11.3 Å². The van der Waals surface area contributed by atoms with Gasteiger partial charge in [-0.05, 0) is 30.5 Å². The average Bonchev–Trinajstić information content (AvgIpc) is 2.32. The Bertz CT molecular complexity index is 389. The van der Waals surface area contributed by atoms with Crippen LogP contribution in [-0.4, -0.2) is 5.91 Å². The van der Waals surface area contributed by atoms with Crippen LogP contribution in [0.3, 0.4) is 0 Å². The molecule has 1 aromatic rings. The van der Waals surface area contributed by atoms with Gasteiger partial charge in [0.25, 0.3) is 0 Å². The molecule has 0 spiro atoms. The molecule has 2 nitrogen and oxygen atoms in total. The van der Waals surface area contributed by atoms with Crippen LogP contribution in [0, 0.1) is 17.6 Å². The van der Waals surface area contributed by atoms with Crippen molar-refractivity contribution >= 4 is 5.91 Å². The number of amides is 1. The van der Waals surface area contributed by atoms with E-state index in [9.17, 15) is 13.6 Å². The molecule has 0 heterocycles. The smallest absolute Gasteiger partial charge is 0.223 e. The molecule has 0 aromatic heterocycles. The number of benzene rings is 1. The van der Waals surface area contributed by atoms with Crippen LogP contribution in [0.15, 0.2) is 18.2 Å². The average molecular weight is 241 g/mol. The molecule has 0 bridgehead atoms. The molecule has 1 N–H and O–H groups in total. The lowest BCUT2D eigenvalue weighted by molar-refractivity contribution is -0.125. The summed E-state index contributed by atoms with van der Waals surface area (Å²) in [6.45, 7) is 4.13. The van der Waals surface area contributed by atoms with Crippen molar-refractivity contribution in [3.63, 3.8) is 0 Å². The van der Waals surface area contributed by atoms with Gasteiger partial charge in [-0.3, -0.25) is 4.79 Å². The van der Waals surface area contributed by atoms with E-state index in [1.54, 1.807) is 0 Å². The first kappa shape index (κ1) is 13.6. The van der Waals surface area contributed by atoms with E-state index in [4.69, 9.17) is 0 Å². The first-order chi connectivity index (χ1) is 8.08. The fourth-order valence-electron chi connectivity index (χ4n) is 1.64. The van der Waals surface area contributed by atoms with Crippen LogP contribution in [0.5, 0.6) is 0 Å². The van der Waals surface area contributed by atoms with Crippen molar-refractivity contribution in [3.8, 4) is 0 Å². The maximum atomic E-state index is 12.9. The Kier molecular flexibility index (Phi) is 5.07. The van der Waals surface area contributed by atoms with Gasteiger partial charge in [-0.15, -0.1) is 0 Å². The van der Waals surface area contributed by atoms with Gasteiger partial charge in [0, 0.05) is 12.5 Å². The molecule has 1 aromatic carbocycles. The maximum absolute atomic E-state index is 12.9. The minimum absolute atomic E-state index is 0.0136. The molecule has 4 heteroatoms. The van der Waals surface area contributed by atoms with E-state index < -0.39 is 11.6 Å². The van der Waals surface area contributed by atoms with Gasteiger partial charge < -0.3 is 5.32 Å². The molecule has 94 valence electrons. The predicted molar refractivity (Wildman–Crippen MR) is 62.3 cm³/mol. The Morgan fingerprint density at radius 2 is 1.88 bits per heavy atom. The number of carbonyl (C=O) groups excluding carboxylic acids is 1. The highest BCUT2D eigenvalue weighted by Gasteiger charge is 2.13. The fourth-order valence-corrected chi connectivity index (χ4v) is 1.64. The molecule has 0 saturated carbocycles. The molecule has 0 aliphatic heterocycles. The largest absolute Gasteiger partial charge is 0.352 e. The monoisotopic (exact) mass is 241 g/mol. The zero-order valence-electron chi connectivity index (χ0n) is 10.1. The van der Waals surface area contributed by atoms with Crippen molar-refractivity contribution in [2.24, 2.45) is 5.92 Å². The van der Waals surface area contributed by atoms with E-state index in [0.717, 1.165) is 25.0 Å². The van der Waals surface area contributed by atoms with E-state index in [0.29, 0.717) is 5.56 Å². The van der Waals surface area contributed by atoms with Gasteiger partial charge in [0.15, 0.2) is 11.6 Å². The molecular weight excluding hydrogens is 224 g/mol. The number of carbonyl (C=O) groups is 1. The third-order valence-corrected chi connectivity index (χ3v) is 2.81. The SMILES string of the molecule is CCC(CC)C(=O)NCc1ccc(F)c(F)c1. The third kappa shape index (κ3) is 3.80. The first-order valence-corrected chi connectivity index (χ1v) is 5.80. The Labute approximate surface area is 100 Å². The molecule has 17 heavy (non-hydrogen) atoms. The molecule has 1 amide bonds. The Morgan fingerprint density at radius 1 is 1.24 bits per heavy atom. The van der Waals surface area contributed by atoms with Gasteiger partial charge in [-0.2, -0.15) is 0 Å². The maximum Gasteiger partial charge on any atom is 0.223 e. The number of rotatable bonds is 5. The normalized spacial score (nSPS) is 10.6. The molecule has 0 radical (unpaired) electrons. The van der Waals surface area contributed by atoms with Crippen molar-refractivity contribution in [1.29, 1.82) is 0 Å². The first-order valence-electron chi connectivity index (χ1n) is 5.80. The topological polar surface area (TPSA) is 29.1 Å². The van der Waals surface area contributed by atoms with Crippen LogP contribution < -0.4 is 5.32 Å². The summed E-state index contributed by atoms with van der Waals surface area (Å²) in [4.78, 5) is 11.7. The Balaban J connectivity index is 2.55. The fraction of sp³-hybridized carbons (Fsp3) is 0.462. The Hall–Kier alpha value is -1.45. The van der Waals surface area contributed by atoms with Gasteiger partial charge >= 0.3 is 0 Å². The van der Waals surface area contributed by atoms with Crippen LogP contribution >= 0.6 is 0 Å². The standard InChI is InChI=1S/C13H17F2NO/c1-3-10(4-2)13(17)16-8-9-5-6-11(14)12(15)7-9/h5-7,10H,3-4,8H2,1-2H3,(H,16,17). The number of hydrogen-bond acceptors (Lipinski definition) is 1. The summed E-state index contributed by atoms with van der Waals surface area (Å²) in [5.74, 6) is -1.82. The van der Waals surface area contributed by atoms with E-state index in [1.807, 2.05) is 13.8 Å². The lowest BCUT2D eigenvalue weighted by atomic mass is 10.0. The van der Waals surface area contributed by atoms with Gasteiger partial charge in [0.2, 0.25) is 5.91 Å². The van der Waals surface area contributed by atoms with E-state index in [1.165, 1.54) is 6.07 Å². The van der Waals surface area contributed by atoms with Gasteiger partial charge in [0.1, 0.15) is 0 Å². The number of halogens is 2. The summed E-state index contributed by atoms with van der Waals surface area (Å²) in [6, 6.07) is 3.63. The second-order valence-corrected chi connectivity index (χ2v) is 3.98. The lowest BCUT2D eigenvalue weighted by Crippen LogP contribution is -2.29. The molecule has 0 aliphatic rings.